The number of carbonyl (C=O) groups excluding carboxylic acids is 2. The number of anilines is 1. The number of aromatic nitrogens is 1. The van der Waals surface area contributed by atoms with Crippen molar-refractivity contribution in [2.45, 2.75) is 42.9 Å². The highest BCUT2D eigenvalue weighted by atomic mass is 35.5. The Morgan fingerprint density at radius 2 is 2.02 bits per heavy atom. The van der Waals surface area contributed by atoms with E-state index >= 15 is 0 Å². The molecule has 11 nitrogen and oxygen atoms in total. The zero-order valence-corrected chi connectivity index (χ0v) is 24.6. The average molecular weight is 626 g/mol. The van der Waals surface area contributed by atoms with Gasteiger partial charge in [0.25, 0.3) is 11.6 Å². The third kappa shape index (κ3) is 5.04. The number of esters is 1. The number of hydrogen-bond donors (Lipinski definition) is 3. The van der Waals surface area contributed by atoms with Gasteiger partial charge in [-0.2, -0.15) is 0 Å². The number of fused-ring (bicyclic) bond motifs is 2. The van der Waals surface area contributed by atoms with Crippen LogP contribution in [0.25, 0.3) is 0 Å². The molecule has 3 aliphatic rings. The summed E-state index contributed by atoms with van der Waals surface area (Å²) in [6.07, 6.45) is 2.02. The predicted molar refractivity (Wildman–Crippen MR) is 159 cm³/mol. The molecule has 1 amide bonds. The Kier molecular flexibility index (Phi) is 7.86. The van der Waals surface area contributed by atoms with Crippen LogP contribution in [-0.4, -0.2) is 64.1 Å². The van der Waals surface area contributed by atoms with E-state index in [0.29, 0.717) is 34.4 Å². The number of likely N-dealkylation sites (tertiary alicyclic amines) is 1. The first-order chi connectivity index (χ1) is 20.7. The van der Waals surface area contributed by atoms with Gasteiger partial charge in [0.15, 0.2) is 0 Å². The largest absolute Gasteiger partial charge is 0.465 e. The Labute approximate surface area is 257 Å². The van der Waals surface area contributed by atoms with E-state index < -0.39 is 34.4 Å². The van der Waals surface area contributed by atoms with Gasteiger partial charge in [-0.15, -0.1) is 0 Å². The summed E-state index contributed by atoms with van der Waals surface area (Å²) in [4.78, 5) is 44.3. The smallest absolute Gasteiger partial charge is 0.338 e. The van der Waals surface area contributed by atoms with E-state index in [0.717, 1.165) is 18.4 Å². The van der Waals surface area contributed by atoms with E-state index in [2.05, 4.69) is 20.5 Å². The molecule has 1 aliphatic carbocycles. The average Bonchev–Trinajstić information content (AvgIpc) is 3.71. The Hall–Kier alpha value is -3.61. The third-order valence-electron chi connectivity index (χ3n) is 8.71. The number of aliphatic hydroxyl groups excluding tert-OH is 1. The molecule has 0 bridgehead atoms. The molecule has 2 aromatic carbocycles. The molecule has 2 fully saturated rings. The molecule has 13 heteroatoms. The van der Waals surface area contributed by atoms with Crippen molar-refractivity contribution in [3.8, 4) is 0 Å². The minimum Gasteiger partial charge on any atom is -0.465 e. The van der Waals surface area contributed by atoms with Crippen molar-refractivity contribution in [2.24, 2.45) is 5.92 Å². The van der Waals surface area contributed by atoms with Crippen molar-refractivity contribution in [1.29, 1.82) is 0 Å². The number of benzene rings is 2. The molecule has 224 valence electrons. The lowest BCUT2D eigenvalue weighted by molar-refractivity contribution is -0.385. The fourth-order valence-corrected chi connectivity index (χ4v) is 7.05. The third-order valence-corrected chi connectivity index (χ3v) is 9.15. The number of aliphatic hydroxyl groups is 1. The molecule has 3 aromatic rings. The molecule has 6 rings (SSSR count). The molecule has 0 unspecified atom stereocenters. The number of methoxy groups -OCH3 is 1. The van der Waals surface area contributed by atoms with Crippen LogP contribution in [0.1, 0.15) is 45.8 Å². The molecule has 1 spiro atoms. The van der Waals surface area contributed by atoms with Crippen LogP contribution in [0.3, 0.4) is 0 Å². The number of carbonyl (C=O) groups is 2. The number of rotatable bonds is 9. The van der Waals surface area contributed by atoms with Crippen LogP contribution in [0.4, 0.5) is 11.5 Å². The quantitative estimate of drug-likeness (QED) is 0.137. The summed E-state index contributed by atoms with van der Waals surface area (Å²) in [5.41, 5.74) is 0.272. The molecule has 1 saturated heterocycles. The van der Waals surface area contributed by atoms with Crippen LogP contribution >= 0.6 is 23.2 Å². The SMILES string of the molecule is COC(=O)c1ccc(CN[C@@H]2[C@H](CO)N(CC3CC3)[C@@]3(C(=O)Nc4nc(Cl)ccc43)[C@H]2c2cccc(Cl)c2)c([N+](=O)[O-])c1. The standard InChI is InChI=1S/C30H29Cl2N5O6/c1-43-28(39)18-7-8-19(22(12-18)37(41)42)13-33-26-23(15-38)36(14-16-5-6-16)30(25(26)17-3-2-4-20(31)11-17)21-9-10-24(32)34-27(21)35-29(30)40/h2-4,7-12,16,23,25-26,33,38H,5-6,13-15H2,1H3,(H,34,35,40)/t23-,25-,26+,30+/m0/s1. The maximum Gasteiger partial charge on any atom is 0.338 e. The van der Waals surface area contributed by atoms with E-state index in [1.165, 1.54) is 25.3 Å². The summed E-state index contributed by atoms with van der Waals surface area (Å²) in [7, 11) is 1.21. The summed E-state index contributed by atoms with van der Waals surface area (Å²) in [6, 6.07) is 13.8. The lowest BCUT2D eigenvalue weighted by atomic mass is 9.74. The lowest BCUT2D eigenvalue weighted by Gasteiger charge is -2.39. The van der Waals surface area contributed by atoms with Crippen molar-refractivity contribution < 1.29 is 24.4 Å². The van der Waals surface area contributed by atoms with Crippen LogP contribution in [-0.2, 0) is 21.6 Å². The first-order valence-electron chi connectivity index (χ1n) is 13.9. The molecule has 3 heterocycles. The Morgan fingerprint density at radius 1 is 1.23 bits per heavy atom. The Bertz CT molecular complexity index is 1620. The lowest BCUT2D eigenvalue weighted by Crippen LogP contribution is -2.53. The van der Waals surface area contributed by atoms with E-state index in [1.807, 2.05) is 12.1 Å². The number of halogens is 2. The summed E-state index contributed by atoms with van der Waals surface area (Å²) >= 11 is 12.7. The number of nitrogens with zero attached hydrogens (tertiary/aromatic N) is 3. The fourth-order valence-electron chi connectivity index (χ4n) is 6.70. The summed E-state index contributed by atoms with van der Waals surface area (Å²) in [6.45, 7) is 0.302. The van der Waals surface area contributed by atoms with Crippen LogP contribution in [0.5, 0.6) is 0 Å². The van der Waals surface area contributed by atoms with Gasteiger partial charge in [-0.25, -0.2) is 9.78 Å². The second kappa shape index (κ2) is 11.5. The summed E-state index contributed by atoms with van der Waals surface area (Å²) in [5, 5.41) is 30.0. The highest BCUT2D eigenvalue weighted by Crippen LogP contribution is 2.57. The van der Waals surface area contributed by atoms with E-state index in [9.17, 15) is 24.8 Å². The van der Waals surface area contributed by atoms with E-state index in [-0.39, 0.29) is 35.5 Å². The number of nitro groups is 1. The molecular weight excluding hydrogens is 597 g/mol. The molecule has 0 radical (unpaired) electrons. The van der Waals surface area contributed by atoms with E-state index in [4.69, 9.17) is 27.9 Å². The van der Waals surface area contributed by atoms with Gasteiger partial charge in [-0.1, -0.05) is 41.4 Å². The zero-order valence-electron chi connectivity index (χ0n) is 23.1. The number of pyridine rings is 1. The second-order valence-electron chi connectivity index (χ2n) is 11.1. The Balaban J connectivity index is 1.49. The minimum atomic E-state index is -1.27. The normalized spacial score (nSPS) is 24.7. The zero-order chi connectivity index (χ0) is 30.5. The molecule has 1 aromatic heterocycles. The topological polar surface area (TPSA) is 147 Å². The Morgan fingerprint density at radius 3 is 2.70 bits per heavy atom. The van der Waals surface area contributed by atoms with Gasteiger partial charge < -0.3 is 20.5 Å². The van der Waals surface area contributed by atoms with Gasteiger partial charge in [0.2, 0.25) is 0 Å². The van der Waals surface area contributed by atoms with Crippen LogP contribution in [0.2, 0.25) is 10.2 Å². The van der Waals surface area contributed by atoms with Gasteiger partial charge in [0.05, 0.1) is 30.2 Å². The van der Waals surface area contributed by atoms with Crippen LogP contribution < -0.4 is 10.6 Å². The van der Waals surface area contributed by atoms with Gasteiger partial charge in [0.1, 0.15) is 16.5 Å². The van der Waals surface area contributed by atoms with Gasteiger partial charge in [0, 0.05) is 47.3 Å². The first kappa shape index (κ1) is 29.5. The summed E-state index contributed by atoms with van der Waals surface area (Å²) < 4.78 is 4.73. The van der Waals surface area contributed by atoms with Crippen molar-refractivity contribution in [2.75, 3.05) is 25.6 Å². The van der Waals surface area contributed by atoms with Crippen molar-refractivity contribution in [3.05, 3.63) is 97.1 Å². The molecule has 43 heavy (non-hydrogen) atoms. The van der Waals surface area contributed by atoms with Gasteiger partial charge in [-0.3, -0.25) is 19.8 Å². The molecule has 2 aliphatic heterocycles. The van der Waals surface area contributed by atoms with Crippen molar-refractivity contribution in [1.82, 2.24) is 15.2 Å². The van der Waals surface area contributed by atoms with Crippen LogP contribution in [0.15, 0.2) is 54.6 Å². The first-order valence-corrected chi connectivity index (χ1v) is 14.6. The number of nitro benzene ring substituents is 1. The van der Waals surface area contributed by atoms with Gasteiger partial charge >= 0.3 is 5.97 Å². The maximum absolute atomic E-state index is 14.3. The fraction of sp³-hybridized carbons (Fsp3) is 0.367. The maximum atomic E-state index is 14.3. The number of ether oxygens (including phenoxy) is 1. The predicted octanol–water partition coefficient (Wildman–Crippen LogP) is 4.26. The highest BCUT2D eigenvalue weighted by Gasteiger charge is 2.67. The second-order valence-corrected chi connectivity index (χ2v) is 12.0. The minimum absolute atomic E-state index is 0.0245. The number of hydrogen-bond acceptors (Lipinski definition) is 9. The molecule has 1 saturated carbocycles. The number of amides is 1. The van der Waals surface area contributed by atoms with Crippen LogP contribution in [0, 0.1) is 16.0 Å². The monoisotopic (exact) mass is 625 g/mol. The van der Waals surface area contributed by atoms with E-state index in [1.54, 1.807) is 24.3 Å². The molecular formula is C30H29Cl2N5O6. The van der Waals surface area contributed by atoms with Crippen molar-refractivity contribution >= 4 is 46.6 Å². The highest BCUT2D eigenvalue weighted by molar-refractivity contribution is 6.30. The number of nitrogens with one attached hydrogen (secondary N) is 2. The molecule has 4 atom stereocenters. The molecule has 3 N–H and O–H groups in total. The van der Waals surface area contributed by atoms with Crippen molar-refractivity contribution in [3.63, 3.8) is 0 Å². The van der Waals surface area contributed by atoms with Gasteiger partial charge in [-0.05, 0) is 54.7 Å². The summed E-state index contributed by atoms with van der Waals surface area (Å²) in [5.74, 6) is -0.846.